The summed E-state index contributed by atoms with van der Waals surface area (Å²) in [6, 6.07) is 1.64. The predicted molar refractivity (Wildman–Crippen MR) is 87.9 cm³/mol. The van der Waals surface area contributed by atoms with Gasteiger partial charge in [0.1, 0.15) is 5.69 Å². The minimum Gasteiger partial charge on any atom is -0.464 e. The van der Waals surface area contributed by atoms with Gasteiger partial charge >= 0.3 is 5.97 Å². The first-order valence-electron chi connectivity index (χ1n) is 7.26. The summed E-state index contributed by atoms with van der Waals surface area (Å²) >= 11 is 0. The van der Waals surface area contributed by atoms with Gasteiger partial charge in [0.05, 0.1) is 12.8 Å². The van der Waals surface area contributed by atoms with Crippen LogP contribution < -0.4 is 5.73 Å². The number of carbonyl (C=O) groups is 1. The average Bonchev–Trinajstić information content (AvgIpc) is 2.73. The molecule has 1 aromatic heterocycles. The first-order chi connectivity index (χ1) is 9.58. The Morgan fingerprint density at radius 2 is 2.00 bits per heavy atom. The van der Waals surface area contributed by atoms with Crippen molar-refractivity contribution in [3.8, 4) is 0 Å². The molecule has 1 rings (SSSR count). The number of anilines is 1. The van der Waals surface area contributed by atoms with Crippen molar-refractivity contribution >= 4 is 20.0 Å². The number of esters is 1. The fraction of sp³-hybridized carbons (Fsp3) is 0.667. The highest BCUT2D eigenvalue weighted by Gasteiger charge is 2.36. The van der Waals surface area contributed by atoms with Crippen molar-refractivity contribution in [3.63, 3.8) is 0 Å². The molecule has 0 amide bonds. The lowest BCUT2D eigenvalue weighted by atomic mass is 10.2. The van der Waals surface area contributed by atoms with Gasteiger partial charge in [-0.05, 0) is 30.6 Å². The maximum atomic E-state index is 11.6. The van der Waals surface area contributed by atoms with E-state index < -0.39 is 8.32 Å². The van der Waals surface area contributed by atoms with E-state index in [1.807, 2.05) is 4.57 Å². The number of methoxy groups -OCH3 is 1. The van der Waals surface area contributed by atoms with E-state index in [9.17, 15) is 4.79 Å². The zero-order valence-electron chi connectivity index (χ0n) is 14.0. The summed E-state index contributed by atoms with van der Waals surface area (Å²) in [6.45, 7) is 12.5. The molecule has 0 atom stereocenters. The lowest BCUT2D eigenvalue weighted by Gasteiger charge is -2.36. The molecule has 21 heavy (non-hydrogen) atoms. The van der Waals surface area contributed by atoms with Gasteiger partial charge in [0.2, 0.25) is 0 Å². The average molecular weight is 312 g/mol. The van der Waals surface area contributed by atoms with Crippen LogP contribution in [0, 0.1) is 0 Å². The van der Waals surface area contributed by atoms with Gasteiger partial charge in [-0.25, -0.2) is 4.79 Å². The largest absolute Gasteiger partial charge is 0.464 e. The lowest BCUT2D eigenvalue weighted by Crippen LogP contribution is -2.41. The van der Waals surface area contributed by atoms with E-state index in [2.05, 4.69) is 33.9 Å². The van der Waals surface area contributed by atoms with Gasteiger partial charge in [-0.1, -0.05) is 20.8 Å². The van der Waals surface area contributed by atoms with E-state index in [0.29, 0.717) is 24.5 Å². The van der Waals surface area contributed by atoms with Crippen LogP contribution in [0.1, 0.15) is 37.7 Å². The molecule has 1 heterocycles. The minimum absolute atomic E-state index is 0.210. The number of hydrogen-bond donors (Lipinski definition) is 1. The van der Waals surface area contributed by atoms with Crippen molar-refractivity contribution in [2.24, 2.45) is 0 Å². The second-order valence-corrected chi connectivity index (χ2v) is 11.6. The molecule has 0 spiro atoms. The molecule has 1 aromatic rings. The highest BCUT2D eigenvalue weighted by molar-refractivity contribution is 6.74. The van der Waals surface area contributed by atoms with Crippen LogP contribution in [0.4, 0.5) is 5.69 Å². The Morgan fingerprint density at radius 1 is 1.38 bits per heavy atom. The third-order valence-electron chi connectivity index (χ3n) is 4.12. The van der Waals surface area contributed by atoms with E-state index in [1.165, 1.54) is 7.11 Å². The van der Waals surface area contributed by atoms with Crippen molar-refractivity contribution in [2.45, 2.75) is 51.9 Å². The van der Waals surface area contributed by atoms with Crippen molar-refractivity contribution in [2.75, 3.05) is 19.5 Å². The summed E-state index contributed by atoms with van der Waals surface area (Å²) in [5.74, 6) is -0.364. The fourth-order valence-electron chi connectivity index (χ4n) is 1.77. The molecule has 0 saturated heterocycles. The van der Waals surface area contributed by atoms with E-state index in [4.69, 9.17) is 14.9 Å². The maximum absolute atomic E-state index is 11.6. The molecule has 0 aliphatic carbocycles. The predicted octanol–water partition coefficient (Wildman–Crippen LogP) is 3.27. The molecule has 0 bridgehead atoms. The number of hydrogen-bond acceptors (Lipinski definition) is 4. The van der Waals surface area contributed by atoms with Gasteiger partial charge in [-0.2, -0.15) is 0 Å². The highest BCUT2D eigenvalue weighted by Crippen LogP contribution is 2.36. The fourth-order valence-corrected chi connectivity index (χ4v) is 2.86. The monoisotopic (exact) mass is 312 g/mol. The molecule has 2 N–H and O–H groups in total. The van der Waals surface area contributed by atoms with Crippen LogP contribution >= 0.6 is 0 Å². The van der Waals surface area contributed by atoms with Crippen LogP contribution in [0.2, 0.25) is 18.1 Å². The van der Waals surface area contributed by atoms with Gasteiger partial charge in [0.15, 0.2) is 8.32 Å². The van der Waals surface area contributed by atoms with Crippen molar-refractivity contribution in [1.82, 2.24) is 4.57 Å². The second kappa shape index (κ2) is 6.66. The van der Waals surface area contributed by atoms with Gasteiger partial charge in [-0.15, -0.1) is 0 Å². The Kier molecular flexibility index (Phi) is 5.64. The summed E-state index contributed by atoms with van der Waals surface area (Å²) in [5.41, 5.74) is 6.81. The molecular formula is C15H28N2O3Si. The van der Waals surface area contributed by atoms with Crippen LogP contribution in [0.5, 0.6) is 0 Å². The number of carbonyl (C=O) groups excluding carboxylic acids is 1. The summed E-state index contributed by atoms with van der Waals surface area (Å²) < 4.78 is 12.7. The zero-order chi connectivity index (χ0) is 16.3. The Labute approximate surface area is 128 Å². The Hall–Kier alpha value is -1.27. The number of ether oxygens (including phenoxy) is 1. The summed E-state index contributed by atoms with van der Waals surface area (Å²) in [7, 11) is -0.334. The Bertz CT molecular complexity index is 490. The summed E-state index contributed by atoms with van der Waals surface area (Å²) in [5, 5.41) is 0.210. The number of nitrogen functional groups attached to an aromatic ring is 1. The maximum Gasteiger partial charge on any atom is 0.354 e. The van der Waals surface area contributed by atoms with Crippen LogP contribution in [0.3, 0.4) is 0 Å². The summed E-state index contributed by atoms with van der Waals surface area (Å²) in [6.07, 6.45) is 2.60. The van der Waals surface area contributed by atoms with Gasteiger partial charge < -0.3 is 19.5 Å². The van der Waals surface area contributed by atoms with Crippen molar-refractivity contribution in [3.05, 3.63) is 18.0 Å². The molecule has 0 radical (unpaired) electrons. The topological polar surface area (TPSA) is 66.5 Å². The van der Waals surface area contributed by atoms with Gasteiger partial charge in [-0.3, -0.25) is 0 Å². The van der Waals surface area contributed by atoms with Crippen molar-refractivity contribution < 1.29 is 14.0 Å². The third kappa shape index (κ3) is 4.61. The van der Waals surface area contributed by atoms with Crippen LogP contribution in [0.15, 0.2) is 12.3 Å². The number of nitrogens with zero attached hydrogens (tertiary/aromatic N) is 1. The molecule has 6 heteroatoms. The van der Waals surface area contributed by atoms with Crippen LogP contribution in [-0.2, 0) is 15.7 Å². The quantitative estimate of drug-likeness (QED) is 0.497. The molecule has 0 aliphatic rings. The second-order valence-electron chi connectivity index (χ2n) is 6.81. The highest BCUT2D eigenvalue weighted by atomic mass is 28.4. The van der Waals surface area contributed by atoms with E-state index in [1.54, 1.807) is 12.3 Å². The molecule has 0 saturated carbocycles. The smallest absolute Gasteiger partial charge is 0.354 e. The number of aryl methyl sites for hydroxylation is 1. The standard InChI is InChI=1S/C15H28N2O3Si/c1-15(2,3)21(5,6)20-9-7-8-17-11-12(16)10-13(17)14(18)19-4/h10-11H,7-9,16H2,1-6H3. The number of aromatic nitrogens is 1. The van der Waals surface area contributed by atoms with Crippen LogP contribution in [0.25, 0.3) is 0 Å². The molecule has 0 unspecified atom stereocenters. The Morgan fingerprint density at radius 3 is 2.52 bits per heavy atom. The normalized spacial score (nSPS) is 12.5. The Balaban J connectivity index is 2.56. The van der Waals surface area contributed by atoms with E-state index in [-0.39, 0.29) is 11.0 Å². The first-order valence-corrected chi connectivity index (χ1v) is 10.2. The summed E-state index contributed by atoms with van der Waals surface area (Å²) in [4.78, 5) is 11.6. The zero-order valence-corrected chi connectivity index (χ0v) is 15.0. The van der Waals surface area contributed by atoms with E-state index >= 15 is 0 Å². The van der Waals surface area contributed by atoms with E-state index in [0.717, 1.165) is 6.42 Å². The first kappa shape index (κ1) is 17.8. The molecular weight excluding hydrogens is 284 g/mol. The SMILES string of the molecule is COC(=O)c1cc(N)cn1CCCO[Si](C)(C)C(C)(C)C. The molecule has 5 nitrogen and oxygen atoms in total. The van der Waals surface area contributed by atoms with Crippen LogP contribution in [-0.4, -0.2) is 32.6 Å². The molecule has 0 aliphatic heterocycles. The van der Waals surface area contributed by atoms with Crippen molar-refractivity contribution in [1.29, 1.82) is 0 Å². The van der Waals surface area contributed by atoms with Gasteiger partial charge in [0, 0.05) is 19.3 Å². The lowest BCUT2D eigenvalue weighted by molar-refractivity contribution is 0.0588. The number of rotatable bonds is 6. The number of nitrogens with two attached hydrogens (primary N) is 1. The minimum atomic E-state index is -1.71. The molecule has 0 fully saturated rings. The third-order valence-corrected chi connectivity index (χ3v) is 8.66. The van der Waals surface area contributed by atoms with Gasteiger partial charge in [0.25, 0.3) is 0 Å². The molecule has 120 valence electrons. The molecule has 0 aromatic carbocycles.